The van der Waals surface area contributed by atoms with Gasteiger partial charge in [-0.25, -0.2) is 0 Å². The molecule has 1 aliphatic rings. The summed E-state index contributed by atoms with van der Waals surface area (Å²) in [5, 5.41) is 3.87. The Bertz CT molecular complexity index is 438. The van der Waals surface area contributed by atoms with Gasteiger partial charge >= 0.3 is 0 Å². The predicted molar refractivity (Wildman–Crippen MR) is 76.2 cm³/mol. The molecule has 1 fully saturated rings. The zero-order valence-corrected chi connectivity index (χ0v) is 11.4. The lowest BCUT2D eigenvalue weighted by atomic mass is 10.2. The third-order valence-electron chi connectivity index (χ3n) is 2.58. The summed E-state index contributed by atoms with van der Waals surface area (Å²) in [6, 6.07) is 5.03. The van der Waals surface area contributed by atoms with Gasteiger partial charge in [0, 0.05) is 17.2 Å². The maximum atomic E-state index is 11.7. The Morgan fingerprint density at radius 2 is 2.33 bits per heavy atom. The van der Waals surface area contributed by atoms with Crippen molar-refractivity contribution < 1.29 is 9.53 Å². The smallest absolute Gasteiger partial charge is 0.225 e. The summed E-state index contributed by atoms with van der Waals surface area (Å²) in [6.45, 7) is 1.60. The van der Waals surface area contributed by atoms with Gasteiger partial charge < -0.3 is 15.8 Å². The summed E-state index contributed by atoms with van der Waals surface area (Å²) in [4.78, 5) is 11.7. The summed E-state index contributed by atoms with van der Waals surface area (Å²) >= 11 is 7.61. The number of nitrogen functional groups attached to an aromatic ring is 1. The number of hydrogen-bond acceptors (Lipinski definition) is 4. The van der Waals surface area contributed by atoms with E-state index in [0.29, 0.717) is 28.1 Å². The van der Waals surface area contributed by atoms with Crippen molar-refractivity contribution in [1.29, 1.82) is 0 Å². The summed E-state index contributed by atoms with van der Waals surface area (Å²) in [5.41, 5.74) is 6.84. The van der Waals surface area contributed by atoms with Gasteiger partial charge in [0.1, 0.15) is 0 Å². The second-order valence-electron chi connectivity index (χ2n) is 4.06. The molecule has 0 radical (unpaired) electrons. The van der Waals surface area contributed by atoms with Gasteiger partial charge in [0.05, 0.1) is 29.8 Å². The quantitative estimate of drug-likeness (QED) is 0.816. The highest BCUT2D eigenvalue weighted by atomic mass is 35.5. The van der Waals surface area contributed by atoms with Gasteiger partial charge in [0.2, 0.25) is 5.91 Å². The van der Waals surface area contributed by atoms with E-state index >= 15 is 0 Å². The molecule has 1 aromatic carbocycles. The predicted octanol–water partition coefficient (Wildman–Crippen LogP) is 2.38. The lowest BCUT2D eigenvalue weighted by Crippen LogP contribution is -2.30. The van der Waals surface area contributed by atoms with Crippen LogP contribution in [0.3, 0.4) is 0 Å². The Hall–Kier alpha value is -0.910. The summed E-state index contributed by atoms with van der Waals surface area (Å²) in [6.07, 6.45) is 0.465. The first-order valence-electron chi connectivity index (χ1n) is 5.69. The molecule has 0 bridgehead atoms. The number of carbonyl (C=O) groups excluding carboxylic acids is 1. The monoisotopic (exact) mass is 286 g/mol. The molecule has 18 heavy (non-hydrogen) atoms. The van der Waals surface area contributed by atoms with E-state index in [1.165, 1.54) is 0 Å². The maximum Gasteiger partial charge on any atom is 0.225 e. The van der Waals surface area contributed by atoms with Crippen molar-refractivity contribution in [2.75, 3.05) is 30.0 Å². The molecule has 1 saturated heterocycles. The number of ether oxygens (including phenoxy) is 1. The Kier molecular flexibility index (Phi) is 4.74. The molecule has 0 aliphatic carbocycles. The van der Waals surface area contributed by atoms with Crippen LogP contribution >= 0.6 is 23.4 Å². The van der Waals surface area contributed by atoms with E-state index in [0.717, 1.165) is 19.0 Å². The first-order valence-corrected chi connectivity index (χ1v) is 7.12. The summed E-state index contributed by atoms with van der Waals surface area (Å²) in [5.74, 6) is 0.747. The maximum absolute atomic E-state index is 11.7. The molecular formula is C12H15ClN2O2S. The molecule has 4 nitrogen and oxygen atoms in total. The van der Waals surface area contributed by atoms with Crippen LogP contribution in [0.25, 0.3) is 0 Å². The van der Waals surface area contributed by atoms with E-state index in [9.17, 15) is 4.79 Å². The van der Waals surface area contributed by atoms with Crippen LogP contribution in [0.15, 0.2) is 18.2 Å². The van der Waals surface area contributed by atoms with Gasteiger partial charge in [0.15, 0.2) is 0 Å². The Balaban J connectivity index is 1.77. The average Bonchev–Trinajstić information content (AvgIpc) is 2.27. The second-order valence-corrected chi connectivity index (χ2v) is 5.90. The molecule has 1 aliphatic heterocycles. The van der Waals surface area contributed by atoms with Crippen molar-refractivity contribution in [1.82, 2.24) is 0 Å². The number of hydrogen-bond donors (Lipinski definition) is 2. The SMILES string of the molecule is Nc1ccc(Cl)cc1NC(=O)CCSC1COC1. The highest BCUT2D eigenvalue weighted by Gasteiger charge is 2.18. The molecule has 2 rings (SSSR count). The number of anilines is 2. The van der Waals surface area contributed by atoms with Gasteiger partial charge in [-0.15, -0.1) is 0 Å². The second kappa shape index (κ2) is 6.31. The van der Waals surface area contributed by atoms with Crippen molar-refractivity contribution in [2.45, 2.75) is 11.7 Å². The minimum absolute atomic E-state index is 0.0447. The van der Waals surface area contributed by atoms with Gasteiger partial charge in [0.25, 0.3) is 0 Å². The van der Waals surface area contributed by atoms with Crippen LogP contribution in [0.2, 0.25) is 5.02 Å². The third-order valence-corrected chi connectivity index (χ3v) is 4.00. The minimum Gasteiger partial charge on any atom is -0.397 e. The van der Waals surface area contributed by atoms with Crippen LogP contribution in [0, 0.1) is 0 Å². The highest BCUT2D eigenvalue weighted by molar-refractivity contribution is 8.00. The molecule has 1 aromatic rings. The molecule has 3 N–H and O–H groups in total. The fourth-order valence-corrected chi connectivity index (χ4v) is 2.67. The van der Waals surface area contributed by atoms with Crippen LogP contribution in [0.5, 0.6) is 0 Å². The number of thioether (sulfide) groups is 1. The topological polar surface area (TPSA) is 64.3 Å². The summed E-state index contributed by atoms with van der Waals surface area (Å²) in [7, 11) is 0. The molecule has 6 heteroatoms. The Morgan fingerprint density at radius 1 is 1.56 bits per heavy atom. The number of rotatable bonds is 5. The number of halogens is 1. The molecule has 1 amide bonds. The fourth-order valence-electron chi connectivity index (χ4n) is 1.48. The van der Waals surface area contributed by atoms with Crippen molar-refractivity contribution in [2.24, 2.45) is 0 Å². The third kappa shape index (κ3) is 3.80. The number of nitrogens with two attached hydrogens (primary N) is 1. The van der Waals surface area contributed by atoms with Crippen LogP contribution in [-0.2, 0) is 9.53 Å². The van der Waals surface area contributed by atoms with Crippen LogP contribution in [-0.4, -0.2) is 30.1 Å². The number of amides is 1. The standard InChI is InChI=1S/C12H15ClN2O2S/c13-8-1-2-10(14)11(5-8)15-12(16)3-4-18-9-6-17-7-9/h1-2,5,9H,3-4,6-7,14H2,(H,15,16). The van der Waals surface area contributed by atoms with Crippen LogP contribution in [0.4, 0.5) is 11.4 Å². The lowest BCUT2D eigenvalue weighted by Gasteiger charge is -2.24. The minimum atomic E-state index is -0.0447. The lowest BCUT2D eigenvalue weighted by molar-refractivity contribution is -0.115. The molecule has 0 aromatic heterocycles. The fraction of sp³-hybridized carbons (Fsp3) is 0.417. The normalized spacial score (nSPS) is 15.2. The van der Waals surface area contributed by atoms with Crippen molar-refractivity contribution in [3.05, 3.63) is 23.2 Å². The van der Waals surface area contributed by atoms with Gasteiger partial charge in [-0.3, -0.25) is 4.79 Å². The van der Waals surface area contributed by atoms with E-state index < -0.39 is 0 Å². The van der Waals surface area contributed by atoms with E-state index in [1.54, 1.807) is 30.0 Å². The largest absolute Gasteiger partial charge is 0.397 e. The van der Waals surface area contributed by atoms with Crippen LogP contribution in [0.1, 0.15) is 6.42 Å². The average molecular weight is 287 g/mol. The van der Waals surface area contributed by atoms with E-state index in [4.69, 9.17) is 22.1 Å². The van der Waals surface area contributed by atoms with Gasteiger partial charge in [-0.05, 0) is 18.2 Å². The number of benzene rings is 1. The van der Waals surface area contributed by atoms with E-state index in [1.807, 2.05) is 0 Å². The van der Waals surface area contributed by atoms with Crippen molar-refractivity contribution in [3.63, 3.8) is 0 Å². The molecule has 98 valence electrons. The Labute approximate surface area is 115 Å². The molecule has 1 heterocycles. The zero-order valence-electron chi connectivity index (χ0n) is 9.82. The molecular weight excluding hydrogens is 272 g/mol. The van der Waals surface area contributed by atoms with Crippen molar-refractivity contribution >= 4 is 40.6 Å². The van der Waals surface area contributed by atoms with Crippen LogP contribution < -0.4 is 11.1 Å². The molecule has 0 saturated carbocycles. The Morgan fingerprint density at radius 3 is 3.00 bits per heavy atom. The van der Waals surface area contributed by atoms with E-state index in [2.05, 4.69) is 5.32 Å². The highest BCUT2D eigenvalue weighted by Crippen LogP contribution is 2.24. The molecule has 0 atom stereocenters. The first-order chi connectivity index (χ1) is 8.65. The van der Waals surface area contributed by atoms with Crippen molar-refractivity contribution in [3.8, 4) is 0 Å². The number of carbonyl (C=O) groups is 1. The van der Waals surface area contributed by atoms with Gasteiger partial charge in [-0.2, -0.15) is 11.8 Å². The summed E-state index contributed by atoms with van der Waals surface area (Å²) < 4.78 is 5.06. The number of nitrogens with one attached hydrogen (secondary N) is 1. The zero-order chi connectivity index (χ0) is 13.0. The van der Waals surface area contributed by atoms with E-state index in [-0.39, 0.29) is 5.91 Å². The van der Waals surface area contributed by atoms with Gasteiger partial charge in [-0.1, -0.05) is 11.6 Å². The molecule has 0 unspecified atom stereocenters. The first kappa shape index (κ1) is 13.5. The molecule has 0 spiro atoms.